The molecule has 0 aliphatic rings. The smallest absolute Gasteiger partial charge is 0.146 e. The highest BCUT2D eigenvalue weighted by Crippen LogP contribution is 2.30. The molecule has 2 nitrogen and oxygen atoms in total. The fourth-order valence-corrected chi connectivity index (χ4v) is 2.48. The fourth-order valence-electron chi connectivity index (χ4n) is 2.48. The lowest BCUT2D eigenvalue weighted by atomic mass is 10.1. The van der Waals surface area contributed by atoms with Crippen LogP contribution in [-0.2, 0) is 6.42 Å². The molecular formula is C17H21FN2. The maximum atomic E-state index is 14.0. The van der Waals surface area contributed by atoms with Crippen LogP contribution in [0.2, 0.25) is 0 Å². The van der Waals surface area contributed by atoms with Gasteiger partial charge in [-0.05, 0) is 56.1 Å². The SMILES string of the molecule is CCN(c1ccc(CCN)cc1C)c1ccccc1F. The van der Waals surface area contributed by atoms with E-state index in [4.69, 9.17) is 5.73 Å². The number of hydrogen-bond acceptors (Lipinski definition) is 2. The monoisotopic (exact) mass is 272 g/mol. The first kappa shape index (κ1) is 14.5. The summed E-state index contributed by atoms with van der Waals surface area (Å²) in [5, 5.41) is 0. The van der Waals surface area contributed by atoms with Crippen LogP contribution < -0.4 is 10.6 Å². The van der Waals surface area contributed by atoms with Gasteiger partial charge >= 0.3 is 0 Å². The number of rotatable bonds is 5. The maximum Gasteiger partial charge on any atom is 0.146 e. The molecule has 0 fully saturated rings. The van der Waals surface area contributed by atoms with Crippen molar-refractivity contribution >= 4 is 11.4 Å². The normalized spacial score (nSPS) is 10.6. The van der Waals surface area contributed by atoms with Crippen molar-refractivity contribution in [2.24, 2.45) is 5.73 Å². The van der Waals surface area contributed by atoms with Gasteiger partial charge < -0.3 is 10.6 Å². The Morgan fingerprint density at radius 3 is 2.45 bits per heavy atom. The molecule has 2 N–H and O–H groups in total. The van der Waals surface area contributed by atoms with E-state index in [1.54, 1.807) is 6.07 Å². The first-order valence-corrected chi connectivity index (χ1v) is 6.99. The summed E-state index contributed by atoms with van der Waals surface area (Å²) >= 11 is 0. The molecule has 2 rings (SSSR count). The molecule has 20 heavy (non-hydrogen) atoms. The van der Waals surface area contributed by atoms with Crippen LogP contribution in [0.1, 0.15) is 18.1 Å². The van der Waals surface area contributed by atoms with Gasteiger partial charge in [0.15, 0.2) is 0 Å². The van der Waals surface area contributed by atoms with E-state index in [-0.39, 0.29) is 5.82 Å². The largest absolute Gasteiger partial charge is 0.339 e. The van der Waals surface area contributed by atoms with Crippen molar-refractivity contribution < 1.29 is 4.39 Å². The van der Waals surface area contributed by atoms with Crippen molar-refractivity contribution in [1.29, 1.82) is 0 Å². The molecule has 0 aliphatic carbocycles. The van der Waals surface area contributed by atoms with Crippen LogP contribution in [0.15, 0.2) is 42.5 Å². The number of hydrogen-bond donors (Lipinski definition) is 1. The third-order valence-corrected chi connectivity index (χ3v) is 3.44. The number of nitrogens with two attached hydrogens (primary N) is 1. The van der Waals surface area contributed by atoms with Gasteiger partial charge in [0, 0.05) is 12.2 Å². The number of halogens is 1. The van der Waals surface area contributed by atoms with Gasteiger partial charge in [-0.1, -0.05) is 24.3 Å². The Balaban J connectivity index is 2.40. The Kier molecular flexibility index (Phi) is 4.74. The number of aryl methyl sites for hydroxylation is 1. The topological polar surface area (TPSA) is 29.3 Å². The molecule has 0 bridgehead atoms. The molecule has 0 amide bonds. The molecule has 0 aromatic heterocycles. The Morgan fingerprint density at radius 2 is 1.85 bits per heavy atom. The Hall–Kier alpha value is -1.87. The molecule has 3 heteroatoms. The lowest BCUT2D eigenvalue weighted by Crippen LogP contribution is -2.18. The van der Waals surface area contributed by atoms with E-state index in [0.29, 0.717) is 12.2 Å². The molecular weight excluding hydrogens is 251 g/mol. The molecule has 0 heterocycles. The van der Waals surface area contributed by atoms with Gasteiger partial charge in [-0.25, -0.2) is 4.39 Å². The van der Waals surface area contributed by atoms with Crippen molar-refractivity contribution in [3.8, 4) is 0 Å². The van der Waals surface area contributed by atoms with E-state index in [0.717, 1.165) is 24.2 Å². The molecule has 0 spiro atoms. The van der Waals surface area contributed by atoms with Crippen LogP contribution in [0.3, 0.4) is 0 Å². The molecule has 0 aliphatic heterocycles. The fraction of sp³-hybridized carbons (Fsp3) is 0.294. The molecule has 0 atom stereocenters. The summed E-state index contributed by atoms with van der Waals surface area (Å²) in [6.07, 6.45) is 0.868. The van der Waals surface area contributed by atoms with Gasteiger partial charge in [0.05, 0.1) is 5.69 Å². The van der Waals surface area contributed by atoms with Crippen molar-refractivity contribution in [2.45, 2.75) is 20.3 Å². The van der Waals surface area contributed by atoms with Gasteiger partial charge in [-0.3, -0.25) is 0 Å². The van der Waals surface area contributed by atoms with E-state index in [1.807, 2.05) is 24.0 Å². The van der Waals surface area contributed by atoms with Crippen molar-refractivity contribution in [3.63, 3.8) is 0 Å². The molecule has 106 valence electrons. The highest BCUT2D eigenvalue weighted by Gasteiger charge is 2.13. The summed E-state index contributed by atoms with van der Waals surface area (Å²) in [5.41, 5.74) is 9.60. The highest BCUT2D eigenvalue weighted by molar-refractivity contribution is 5.67. The zero-order valence-electron chi connectivity index (χ0n) is 12.1. The summed E-state index contributed by atoms with van der Waals surface area (Å²) in [6, 6.07) is 13.1. The van der Waals surface area contributed by atoms with Crippen LogP contribution in [0.5, 0.6) is 0 Å². The van der Waals surface area contributed by atoms with Crippen molar-refractivity contribution in [2.75, 3.05) is 18.0 Å². The Labute approximate surface area is 120 Å². The van der Waals surface area contributed by atoms with Crippen LogP contribution >= 0.6 is 0 Å². The molecule has 2 aromatic carbocycles. The Morgan fingerprint density at radius 1 is 1.10 bits per heavy atom. The number of benzene rings is 2. The van der Waals surface area contributed by atoms with E-state index in [1.165, 1.54) is 11.6 Å². The predicted molar refractivity (Wildman–Crippen MR) is 83.0 cm³/mol. The lowest BCUT2D eigenvalue weighted by molar-refractivity contribution is 0.625. The predicted octanol–water partition coefficient (Wildman–Crippen LogP) is 3.79. The molecule has 0 unspecified atom stereocenters. The average Bonchev–Trinajstić information content (AvgIpc) is 2.44. The van der Waals surface area contributed by atoms with Gasteiger partial charge in [0.25, 0.3) is 0 Å². The van der Waals surface area contributed by atoms with E-state index in [9.17, 15) is 4.39 Å². The van der Waals surface area contributed by atoms with Crippen molar-refractivity contribution in [1.82, 2.24) is 0 Å². The summed E-state index contributed by atoms with van der Waals surface area (Å²) in [6.45, 7) is 5.44. The molecule has 0 radical (unpaired) electrons. The van der Waals surface area contributed by atoms with Gasteiger partial charge in [-0.15, -0.1) is 0 Å². The lowest BCUT2D eigenvalue weighted by Gasteiger charge is -2.26. The summed E-state index contributed by atoms with van der Waals surface area (Å²) in [7, 11) is 0. The van der Waals surface area contributed by atoms with E-state index < -0.39 is 0 Å². The third kappa shape index (κ3) is 2.99. The zero-order chi connectivity index (χ0) is 14.5. The summed E-state index contributed by atoms with van der Waals surface area (Å²) < 4.78 is 14.0. The zero-order valence-corrected chi connectivity index (χ0v) is 12.1. The van der Waals surface area contributed by atoms with E-state index >= 15 is 0 Å². The second kappa shape index (κ2) is 6.53. The van der Waals surface area contributed by atoms with Crippen LogP contribution in [0.25, 0.3) is 0 Å². The minimum atomic E-state index is -0.195. The first-order chi connectivity index (χ1) is 9.67. The van der Waals surface area contributed by atoms with Crippen LogP contribution in [-0.4, -0.2) is 13.1 Å². The van der Waals surface area contributed by atoms with Gasteiger partial charge in [0.1, 0.15) is 5.82 Å². The highest BCUT2D eigenvalue weighted by atomic mass is 19.1. The van der Waals surface area contributed by atoms with Gasteiger partial charge in [0.2, 0.25) is 0 Å². The third-order valence-electron chi connectivity index (χ3n) is 3.44. The number of nitrogens with zero attached hydrogens (tertiary/aromatic N) is 1. The maximum absolute atomic E-state index is 14.0. The molecule has 2 aromatic rings. The van der Waals surface area contributed by atoms with Crippen molar-refractivity contribution in [3.05, 3.63) is 59.4 Å². The summed E-state index contributed by atoms with van der Waals surface area (Å²) in [5.74, 6) is -0.195. The van der Waals surface area contributed by atoms with Gasteiger partial charge in [-0.2, -0.15) is 0 Å². The quantitative estimate of drug-likeness (QED) is 0.897. The number of anilines is 2. The van der Waals surface area contributed by atoms with Crippen LogP contribution in [0.4, 0.5) is 15.8 Å². The average molecular weight is 272 g/mol. The summed E-state index contributed by atoms with van der Waals surface area (Å²) in [4.78, 5) is 2.00. The van der Waals surface area contributed by atoms with E-state index in [2.05, 4.69) is 25.1 Å². The molecule has 0 saturated carbocycles. The first-order valence-electron chi connectivity index (χ1n) is 6.99. The second-order valence-corrected chi connectivity index (χ2v) is 4.86. The standard InChI is InChI=1S/C17H21FN2/c1-3-20(17-7-5-4-6-15(17)18)16-9-8-14(10-11-19)12-13(16)2/h4-9,12H,3,10-11,19H2,1-2H3. The minimum absolute atomic E-state index is 0.195. The second-order valence-electron chi connectivity index (χ2n) is 4.86. The number of para-hydroxylation sites is 1. The Bertz CT molecular complexity index is 581. The van der Waals surface area contributed by atoms with Crippen LogP contribution in [0, 0.1) is 12.7 Å². The molecule has 0 saturated heterocycles. The minimum Gasteiger partial charge on any atom is -0.339 e.